The Morgan fingerprint density at radius 3 is 1.75 bits per heavy atom. The molecule has 0 bridgehead atoms. The molecule has 3 aromatic heterocycles. The summed E-state index contributed by atoms with van der Waals surface area (Å²) in [7, 11) is 0. The number of rotatable bonds is 5. The van der Waals surface area contributed by atoms with Crippen molar-refractivity contribution < 1.29 is 4.42 Å². The van der Waals surface area contributed by atoms with Crippen molar-refractivity contribution in [3.63, 3.8) is 0 Å². The van der Waals surface area contributed by atoms with Crippen molar-refractivity contribution in [2.75, 3.05) is 0 Å². The van der Waals surface area contributed by atoms with Gasteiger partial charge in [0.1, 0.15) is 11.2 Å². The highest BCUT2D eigenvalue weighted by molar-refractivity contribution is 6.31. The minimum atomic E-state index is 0.589. The number of aromatic nitrogens is 4. The van der Waals surface area contributed by atoms with Crippen LogP contribution in [0.5, 0.6) is 0 Å². The summed E-state index contributed by atoms with van der Waals surface area (Å²) in [6, 6.07) is 55.7. The Kier molecular flexibility index (Phi) is 6.79. The lowest BCUT2D eigenvalue weighted by atomic mass is 10.0. The fourth-order valence-electron chi connectivity index (χ4n) is 7.06. The summed E-state index contributed by atoms with van der Waals surface area (Å²) in [5, 5.41) is 5.09. The molecule has 3 heterocycles. The number of nitrogens with zero attached hydrogens (tertiary/aromatic N) is 4. The number of benzene rings is 7. The van der Waals surface area contributed by atoms with Crippen LogP contribution < -0.4 is 0 Å². The third-order valence-corrected chi connectivity index (χ3v) is 9.74. The van der Waals surface area contributed by atoms with Gasteiger partial charge in [0, 0.05) is 55.0 Å². The number of fused-ring (bicyclic) bond motifs is 6. The molecule has 6 heteroatoms. The predicted molar refractivity (Wildman–Crippen MR) is 208 cm³/mol. The van der Waals surface area contributed by atoms with Gasteiger partial charge in [-0.3, -0.25) is 0 Å². The van der Waals surface area contributed by atoms with Gasteiger partial charge < -0.3 is 8.98 Å². The van der Waals surface area contributed by atoms with Crippen molar-refractivity contribution in [3.8, 4) is 51.0 Å². The van der Waals surface area contributed by atoms with Crippen molar-refractivity contribution in [2.45, 2.75) is 0 Å². The summed E-state index contributed by atoms with van der Waals surface area (Å²) in [5.74, 6) is 1.81. The third-order valence-electron chi connectivity index (χ3n) is 9.51. The van der Waals surface area contributed by atoms with Crippen molar-refractivity contribution >= 4 is 55.3 Å². The van der Waals surface area contributed by atoms with Crippen LogP contribution in [-0.4, -0.2) is 19.5 Å². The van der Waals surface area contributed by atoms with Gasteiger partial charge in [-0.2, -0.15) is 0 Å². The van der Waals surface area contributed by atoms with E-state index in [0.717, 1.165) is 77.2 Å². The first-order valence-electron chi connectivity index (χ1n) is 16.8. The molecule has 10 rings (SSSR count). The van der Waals surface area contributed by atoms with E-state index in [1.54, 1.807) is 0 Å². The molecule has 0 saturated heterocycles. The fourth-order valence-corrected chi connectivity index (χ4v) is 7.23. The number of hydrogen-bond acceptors (Lipinski definition) is 4. The second-order valence-corrected chi connectivity index (χ2v) is 13.1. The van der Waals surface area contributed by atoms with Crippen LogP contribution in [0.15, 0.2) is 168 Å². The van der Waals surface area contributed by atoms with E-state index in [1.165, 1.54) is 0 Å². The first-order valence-corrected chi connectivity index (χ1v) is 17.2. The van der Waals surface area contributed by atoms with Crippen LogP contribution in [0.2, 0.25) is 5.02 Å². The quantitative estimate of drug-likeness (QED) is 0.182. The average molecular weight is 675 g/mol. The lowest BCUT2D eigenvalue weighted by Gasteiger charge is -2.12. The summed E-state index contributed by atoms with van der Waals surface area (Å²) < 4.78 is 8.59. The van der Waals surface area contributed by atoms with Gasteiger partial charge in [-0.15, -0.1) is 0 Å². The van der Waals surface area contributed by atoms with Crippen LogP contribution >= 0.6 is 11.6 Å². The zero-order valence-corrected chi connectivity index (χ0v) is 27.9. The number of hydrogen-bond donors (Lipinski definition) is 0. The van der Waals surface area contributed by atoms with Gasteiger partial charge in [0.05, 0.1) is 11.0 Å². The van der Waals surface area contributed by atoms with Crippen molar-refractivity contribution in [3.05, 3.63) is 169 Å². The Labute approximate surface area is 298 Å². The Bertz CT molecular complexity index is 2910. The van der Waals surface area contributed by atoms with Gasteiger partial charge in [0.2, 0.25) is 0 Å². The molecule has 240 valence electrons. The summed E-state index contributed by atoms with van der Waals surface area (Å²) in [4.78, 5) is 15.0. The average Bonchev–Trinajstić information content (AvgIpc) is 3.71. The molecule has 0 spiro atoms. The molecule has 0 aliphatic rings. The monoisotopic (exact) mass is 674 g/mol. The fraction of sp³-hybridized carbons (Fsp3) is 0. The number of furan rings is 1. The minimum Gasteiger partial charge on any atom is -0.456 e. The molecule has 0 unspecified atom stereocenters. The minimum absolute atomic E-state index is 0.589. The zero-order valence-electron chi connectivity index (χ0n) is 27.2. The summed E-state index contributed by atoms with van der Waals surface area (Å²) >= 11 is 6.63. The zero-order chi connectivity index (χ0) is 33.9. The largest absolute Gasteiger partial charge is 0.456 e. The van der Waals surface area contributed by atoms with E-state index in [2.05, 4.69) is 89.5 Å². The maximum atomic E-state index is 6.63. The Morgan fingerprint density at radius 1 is 0.392 bits per heavy atom. The van der Waals surface area contributed by atoms with Gasteiger partial charge >= 0.3 is 0 Å². The summed E-state index contributed by atoms with van der Waals surface area (Å²) in [6.07, 6.45) is 0. The Hall–Kier alpha value is -6.56. The molecule has 0 fully saturated rings. The molecule has 0 amide bonds. The van der Waals surface area contributed by atoms with E-state index in [1.807, 2.05) is 78.9 Å². The summed E-state index contributed by atoms with van der Waals surface area (Å²) in [5.41, 5.74) is 9.70. The van der Waals surface area contributed by atoms with Crippen LogP contribution in [0.3, 0.4) is 0 Å². The summed E-state index contributed by atoms with van der Waals surface area (Å²) in [6.45, 7) is 0. The van der Waals surface area contributed by atoms with Gasteiger partial charge in [-0.1, -0.05) is 133 Å². The molecule has 10 aromatic rings. The highest BCUT2D eigenvalue weighted by Crippen LogP contribution is 2.39. The second-order valence-electron chi connectivity index (χ2n) is 12.6. The lowest BCUT2D eigenvalue weighted by molar-refractivity contribution is 0.669. The molecule has 0 saturated carbocycles. The molecule has 0 N–H and O–H groups in total. The maximum absolute atomic E-state index is 6.63. The maximum Gasteiger partial charge on any atom is 0.164 e. The van der Waals surface area contributed by atoms with Gasteiger partial charge in [0.15, 0.2) is 17.5 Å². The van der Waals surface area contributed by atoms with Gasteiger partial charge in [0.25, 0.3) is 0 Å². The molecule has 7 aromatic carbocycles. The molecule has 0 aliphatic heterocycles. The smallest absolute Gasteiger partial charge is 0.164 e. The van der Waals surface area contributed by atoms with E-state index in [-0.39, 0.29) is 0 Å². The van der Waals surface area contributed by atoms with Gasteiger partial charge in [-0.25, -0.2) is 15.0 Å². The van der Waals surface area contributed by atoms with Crippen LogP contribution in [0.1, 0.15) is 0 Å². The lowest BCUT2D eigenvalue weighted by Crippen LogP contribution is -2.01. The Balaban J connectivity index is 1.15. The molecule has 0 aliphatic carbocycles. The standard InChI is InChI=1S/C45H27ClN4O/c46-33-22-23-35-37-26-38-36-16-7-8-17-41(36)51-42(38)27-40(37)50(39(35)25-33)34-15-9-14-32(24-34)45-48-43(30-12-5-2-6-13-30)47-44(49-45)31-20-18-29(19-21-31)28-10-3-1-4-11-28/h1-27H. The van der Waals surface area contributed by atoms with E-state index < -0.39 is 0 Å². The van der Waals surface area contributed by atoms with Crippen molar-refractivity contribution in [2.24, 2.45) is 0 Å². The normalized spacial score (nSPS) is 11.6. The van der Waals surface area contributed by atoms with E-state index in [4.69, 9.17) is 31.0 Å². The molecule has 5 nitrogen and oxygen atoms in total. The van der Waals surface area contributed by atoms with Crippen molar-refractivity contribution in [1.29, 1.82) is 0 Å². The molecule has 51 heavy (non-hydrogen) atoms. The van der Waals surface area contributed by atoms with Crippen LogP contribution in [0.4, 0.5) is 0 Å². The molecular formula is C45H27ClN4O. The van der Waals surface area contributed by atoms with E-state index in [0.29, 0.717) is 22.5 Å². The highest BCUT2D eigenvalue weighted by atomic mass is 35.5. The molecule has 0 atom stereocenters. The first kappa shape index (κ1) is 29.4. The predicted octanol–water partition coefficient (Wildman–Crippen LogP) is 12.2. The number of halogens is 1. The van der Waals surface area contributed by atoms with Crippen LogP contribution in [-0.2, 0) is 0 Å². The third kappa shape index (κ3) is 5.06. The van der Waals surface area contributed by atoms with E-state index >= 15 is 0 Å². The highest BCUT2D eigenvalue weighted by Gasteiger charge is 2.18. The second kappa shape index (κ2) is 11.8. The number of para-hydroxylation sites is 1. The van der Waals surface area contributed by atoms with Crippen LogP contribution in [0.25, 0.3) is 94.7 Å². The topological polar surface area (TPSA) is 56.7 Å². The SMILES string of the molecule is Clc1ccc2c3cc4c(cc3n(-c3cccc(-c5nc(-c6ccccc6)nc(-c6ccc(-c7ccccc7)cc6)n5)c3)c2c1)oc1ccccc14. The first-order chi connectivity index (χ1) is 25.2. The van der Waals surface area contributed by atoms with Crippen molar-refractivity contribution in [1.82, 2.24) is 19.5 Å². The van der Waals surface area contributed by atoms with Gasteiger partial charge in [-0.05, 0) is 47.5 Å². The Morgan fingerprint density at radius 2 is 0.980 bits per heavy atom. The van der Waals surface area contributed by atoms with Crippen LogP contribution in [0, 0.1) is 0 Å². The van der Waals surface area contributed by atoms with E-state index in [9.17, 15) is 0 Å². The molecular weight excluding hydrogens is 648 g/mol. The molecule has 0 radical (unpaired) electrons.